The van der Waals surface area contributed by atoms with Crippen LogP contribution in [-0.2, 0) is 13.2 Å². The van der Waals surface area contributed by atoms with E-state index in [1.54, 1.807) is 0 Å². The smallest absolute Gasteiger partial charge is 0.435 e. The van der Waals surface area contributed by atoms with Crippen LogP contribution >= 0.6 is 0 Å². The Balaban J connectivity index is 2.05. The van der Waals surface area contributed by atoms with Gasteiger partial charge in [-0.25, -0.2) is 19.0 Å². The summed E-state index contributed by atoms with van der Waals surface area (Å²) in [5, 5.41) is 12.4. The first-order valence-electron chi connectivity index (χ1n) is 7.09. The summed E-state index contributed by atoms with van der Waals surface area (Å²) in [7, 11) is 1.28. The molecule has 0 aliphatic carbocycles. The van der Waals surface area contributed by atoms with E-state index in [1.807, 2.05) is 6.07 Å². The Morgan fingerprint density at radius 3 is 2.42 bits per heavy atom. The summed E-state index contributed by atoms with van der Waals surface area (Å²) < 4.78 is 57.8. The van der Waals surface area contributed by atoms with E-state index in [2.05, 4.69) is 15.1 Å². The van der Waals surface area contributed by atoms with Crippen LogP contribution in [0.3, 0.4) is 0 Å². The lowest BCUT2D eigenvalue weighted by atomic mass is 10.1. The molecule has 0 radical (unpaired) electrons. The molecule has 0 saturated carbocycles. The van der Waals surface area contributed by atoms with E-state index in [0.29, 0.717) is 0 Å². The van der Waals surface area contributed by atoms with E-state index >= 15 is 0 Å². The minimum Gasteiger partial charge on any atom is -0.438 e. The molecule has 3 aromatic rings. The second kappa shape index (κ2) is 6.44. The fraction of sp³-hybridized carbons (Fsp3) is 0.125. The van der Waals surface area contributed by atoms with Crippen LogP contribution in [-0.4, -0.2) is 19.7 Å². The lowest BCUT2D eigenvalue weighted by Gasteiger charge is -2.10. The molecule has 0 amide bonds. The fourth-order valence-corrected chi connectivity index (χ4v) is 2.11. The Bertz CT molecular complexity index is 989. The Kier molecular flexibility index (Phi) is 4.29. The maximum Gasteiger partial charge on any atom is 0.435 e. The zero-order valence-corrected chi connectivity index (χ0v) is 13.1. The first-order valence-corrected chi connectivity index (χ1v) is 7.09. The predicted molar refractivity (Wildman–Crippen MR) is 80.4 cm³/mol. The average Bonchev–Trinajstić information content (AvgIpc) is 2.97. The van der Waals surface area contributed by atoms with Crippen LogP contribution in [0.4, 0.5) is 17.6 Å². The molecule has 0 saturated heterocycles. The number of hydrogen-bond acceptors (Lipinski definition) is 5. The number of aryl methyl sites for hydroxylation is 1. The first kappa shape index (κ1) is 17.3. The summed E-state index contributed by atoms with van der Waals surface area (Å²) in [4.78, 5) is 7.64. The Morgan fingerprint density at radius 2 is 1.85 bits per heavy atom. The number of ether oxygens (including phenoxy) is 1. The van der Waals surface area contributed by atoms with Crippen LogP contribution in [0, 0.1) is 17.1 Å². The van der Waals surface area contributed by atoms with Gasteiger partial charge in [0, 0.05) is 13.1 Å². The molecule has 10 heteroatoms. The predicted octanol–water partition coefficient (Wildman–Crippen LogP) is 3.70. The molecule has 2 heterocycles. The molecule has 0 fully saturated rings. The molecule has 0 bridgehead atoms. The zero-order valence-electron chi connectivity index (χ0n) is 13.1. The van der Waals surface area contributed by atoms with Crippen LogP contribution in [0.25, 0.3) is 11.4 Å². The number of nitriles is 1. The number of nitrogens with zero attached hydrogens (tertiary/aromatic N) is 5. The molecule has 0 unspecified atom stereocenters. The molecule has 132 valence electrons. The fourth-order valence-electron chi connectivity index (χ4n) is 2.11. The van der Waals surface area contributed by atoms with Gasteiger partial charge in [0.05, 0.1) is 29.6 Å². The van der Waals surface area contributed by atoms with Gasteiger partial charge in [-0.05, 0) is 18.2 Å². The molecule has 6 nitrogen and oxygen atoms in total. The molecular formula is C16H9F4N5O. The topological polar surface area (TPSA) is 76.6 Å². The number of rotatable bonds is 3. The molecular weight excluding hydrogens is 354 g/mol. The molecule has 2 aromatic heterocycles. The molecule has 0 atom stereocenters. The van der Waals surface area contributed by atoms with E-state index in [0.717, 1.165) is 23.1 Å². The van der Waals surface area contributed by atoms with E-state index < -0.39 is 17.7 Å². The van der Waals surface area contributed by atoms with Gasteiger partial charge in [0.1, 0.15) is 5.75 Å². The second-order valence-corrected chi connectivity index (χ2v) is 5.14. The van der Waals surface area contributed by atoms with Crippen molar-refractivity contribution < 1.29 is 22.3 Å². The molecule has 1 aromatic carbocycles. The largest absolute Gasteiger partial charge is 0.438 e. The summed E-state index contributed by atoms with van der Waals surface area (Å²) in [5.74, 6) is -0.724. The molecule has 0 aliphatic rings. The third kappa shape index (κ3) is 3.46. The van der Waals surface area contributed by atoms with Crippen LogP contribution in [0.5, 0.6) is 11.6 Å². The van der Waals surface area contributed by atoms with Crippen molar-refractivity contribution in [1.29, 1.82) is 5.26 Å². The van der Waals surface area contributed by atoms with Crippen molar-refractivity contribution in [3.63, 3.8) is 0 Å². The zero-order chi connectivity index (χ0) is 18.9. The quantitative estimate of drug-likeness (QED) is 0.663. The summed E-state index contributed by atoms with van der Waals surface area (Å²) in [5.41, 5.74) is -0.631. The normalized spacial score (nSPS) is 11.2. The van der Waals surface area contributed by atoms with Gasteiger partial charge in [-0.3, -0.25) is 0 Å². The van der Waals surface area contributed by atoms with Crippen LogP contribution < -0.4 is 4.74 Å². The van der Waals surface area contributed by atoms with Gasteiger partial charge < -0.3 is 4.74 Å². The maximum absolute atomic E-state index is 13.0. The van der Waals surface area contributed by atoms with Crippen LogP contribution in [0.1, 0.15) is 11.3 Å². The third-order valence-corrected chi connectivity index (χ3v) is 3.31. The van der Waals surface area contributed by atoms with Crippen LogP contribution in [0.2, 0.25) is 0 Å². The minimum absolute atomic E-state index is 0.0346. The monoisotopic (exact) mass is 363 g/mol. The van der Waals surface area contributed by atoms with Gasteiger partial charge in [-0.1, -0.05) is 0 Å². The van der Waals surface area contributed by atoms with E-state index in [-0.39, 0.29) is 28.6 Å². The summed E-state index contributed by atoms with van der Waals surface area (Å²) in [6.07, 6.45) is -2.75. The summed E-state index contributed by atoms with van der Waals surface area (Å²) in [6.45, 7) is 0. The average molecular weight is 363 g/mol. The first-order chi connectivity index (χ1) is 12.3. The van der Waals surface area contributed by atoms with Crippen LogP contribution in [0.15, 0.2) is 36.7 Å². The highest BCUT2D eigenvalue weighted by molar-refractivity contribution is 5.66. The highest BCUT2D eigenvalue weighted by Gasteiger charge is 2.35. The van der Waals surface area contributed by atoms with Crippen molar-refractivity contribution in [3.8, 4) is 29.1 Å². The van der Waals surface area contributed by atoms with Crippen molar-refractivity contribution in [3.05, 3.63) is 53.7 Å². The van der Waals surface area contributed by atoms with Crippen molar-refractivity contribution in [2.75, 3.05) is 0 Å². The van der Waals surface area contributed by atoms with E-state index in [9.17, 15) is 17.6 Å². The van der Waals surface area contributed by atoms with Crippen molar-refractivity contribution in [1.82, 2.24) is 19.7 Å². The number of alkyl halides is 3. The Labute approximate surface area is 144 Å². The molecule has 0 spiro atoms. The second-order valence-electron chi connectivity index (χ2n) is 5.14. The van der Waals surface area contributed by atoms with Crippen molar-refractivity contribution in [2.24, 2.45) is 7.05 Å². The third-order valence-electron chi connectivity index (χ3n) is 3.31. The highest BCUT2D eigenvalue weighted by Crippen LogP contribution is 2.35. The lowest BCUT2D eigenvalue weighted by Crippen LogP contribution is -2.06. The molecule has 0 aliphatic heterocycles. The van der Waals surface area contributed by atoms with E-state index in [4.69, 9.17) is 10.00 Å². The van der Waals surface area contributed by atoms with Gasteiger partial charge in [-0.2, -0.15) is 23.5 Å². The highest BCUT2D eigenvalue weighted by atomic mass is 19.4. The molecule has 26 heavy (non-hydrogen) atoms. The van der Waals surface area contributed by atoms with Gasteiger partial charge in [0.2, 0.25) is 5.88 Å². The Morgan fingerprint density at radius 1 is 1.15 bits per heavy atom. The number of benzene rings is 1. The van der Waals surface area contributed by atoms with Gasteiger partial charge in [0.15, 0.2) is 17.3 Å². The SMILES string of the molecule is Cn1nc(C(F)(F)F)cc1Oc1cc(C#N)ccc1-c1ncc(F)cn1. The van der Waals surface area contributed by atoms with Gasteiger partial charge in [-0.15, -0.1) is 0 Å². The minimum atomic E-state index is -4.63. The summed E-state index contributed by atoms with van der Waals surface area (Å²) >= 11 is 0. The molecule has 3 rings (SSSR count). The van der Waals surface area contributed by atoms with E-state index in [1.165, 1.54) is 25.2 Å². The molecule has 0 N–H and O–H groups in total. The number of hydrogen-bond donors (Lipinski definition) is 0. The summed E-state index contributed by atoms with van der Waals surface area (Å²) in [6, 6.07) is 6.87. The standard InChI is InChI=1S/C16H9F4N5O/c1-25-14(5-13(24-25)16(18,19)20)26-12-4-9(6-21)2-3-11(12)15-22-7-10(17)8-23-15/h2-5,7-8H,1H3. The van der Waals surface area contributed by atoms with Crippen molar-refractivity contribution >= 4 is 0 Å². The van der Waals surface area contributed by atoms with Gasteiger partial charge in [0.25, 0.3) is 0 Å². The lowest BCUT2D eigenvalue weighted by molar-refractivity contribution is -0.141. The number of halogens is 4. The maximum atomic E-state index is 13.0. The van der Waals surface area contributed by atoms with Crippen molar-refractivity contribution in [2.45, 2.75) is 6.18 Å². The Hall–Kier alpha value is -3.48. The van der Waals surface area contributed by atoms with Gasteiger partial charge >= 0.3 is 6.18 Å². The number of aromatic nitrogens is 4.